The number of hydrogen-bond acceptors (Lipinski definition) is 5. The lowest BCUT2D eigenvalue weighted by Gasteiger charge is -2.25. The van der Waals surface area contributed by atoms with Crippen molar-refractivity contribution >= 4 is 23.6 Å². The van der Waals surface area contributed by atoms with Gasteiger partial charge in [-0.15, -0.1) is 0 Å². The number of carbonyl (C=O) groups is 1. The highest BCUT2D eigenvalue weighted by Crippen LogP contribution is 2.24. The molecule has 0 unspecified atom stereocenters. The zero-order valence-electron chi connectivity index (χ0n) is 15.4. The molecule has 1 amide bonds. The van der Waals surface area contributed by atoms with E-state index in [2.05, 4.69) is 10.2 Å². The van der Waals surface area contributed by atoms with Crippen LogP contribution in [0.2, 0.25) is 0 Å². The molecule has 0 spiro atoms. The second-order valence-electron chi connectivity index (χ2n) is 6.31. The van der Waals surface area contributed by atoms with Gasteiger partial charge in [0.05, 0.1) is 6.61 Å². The molecule has 1 aliphatic rings. The summed E-state index contributed by atoms with van der Waals surface area (Å²) in [6.45, 7) is 4.37. The molecular weight excluding hydrogens is 342 g/mol. The second kappa shape index (κ2) is 8.95. The monoisotopic (exact) mass is 365 g/mol. The van der Waals surface area contributed by atoms with E-state index in [0.717, 1.165) is 31.8 Å². The molecule has 1 aliphatic heterocycles. The van der Waals surface area contributed by atoms with E-state index in [9.17, 15) is 10.1 Å². The fraction of sp³-hybridized carbons (Fsp3) is 0.333. The van der Waals surface area contributed by atoms with Gasteiger partial charge in [0, 0.05) is 37.0 Å². The minimum absolute atomic E-state index is 0.0173. The van der Waals surface area contributed by atoms with Crippen LogP contribution in [0.3, 0.4) is 0 Å². The van der Waals surface area contributed by atoms with Crippen LogP contribution < -0.4 is 15.0 Å². The van der Waals surface area contributed by atoms with Gasteiger partial charge in [-0.3, -0.25) is 4.79 Å². The number of carbonyl (C=O) groups excluding carboxylic acids is 1. The second-order valence-corrected chi connectivity index (χ2v) is 6.31. The Morgan fingerprint density at radius 2 is 2.11 bits per heavy atom. The predicted octanol–water partition coefficient (Wildman–Crippen LogP) is 4.21. The van der Waals surface area contributed by atoms with Crippen molar-refractivity contribution in [2.75, 3.05) is 29.9 Å². The number of nitrogens with zero attached hydrogens (tertiary/aromatic N) is 2. The summed E-state index contributed by atoms with van der Waals surface area (Å²) in [5.41, 5.74) is 0.553. The van der Waals surface area contributed by atoms with E-state index in [-0.39, 0.29) is 5.57 Å². The number of benzene rings is 1. The topological polar surface area (TPSA) is 78.5 Å². The van der Waals surface area contributed by atoms with Crippen molar-refractivity contribution in [1.29, 1.82) is 5.26 Å². The van der Waals surface area contributed by atoms with E-state index < -0.39 is 5.91 Å². The van der Waals surface area contributed by atoms with E-state index in [1.54, 1.807) is 24.3 Å². The van der Waals surface area contributed by atoms with Crippen LogP contribution in [-0.2, 0) is 4.79 Å². The number of hydrogen-bond donors (Lipinski definition) is 1. The largest absolute Gasteiger partial charge is 0.494 e. The molecule has 6 nitrogen and oxygen atoms in total. The Morgan fingerprint density at radius 1 is 1.30 bits per heavy atom. The number of amides is 1. The highest BCUT2D eigenvalue weighted by atomic mass is 16.5. The number of nitriles is 1. The van der Waals surface area contributed by atoms with Crippen LogP contribution in [0.5, 0.6) is 5.75 Å². The summed E-state index contributed by atoms with van der Waals surface area (Å²) in [4.78, 5) is 14.6. The van der Waals surface area contributed by atoms with Gasteiger partial charge in [-0.1, -0.05) is 6.07 Å². The summed E-state index contributed by atoms with van der Waals surface area (Å²) >= 11 is 0. The SMILES string of the molecule is CCOc1cccc(NC(=O)C(C#N)=Cc2ccc(N3CCCCC3)o2)c1. The Kier molecular flexibility index (Phi) is 6.16. The van der Waals surface area contributed by atoms with Crippen molar-refractivity contribution in [2.24, 2.45) is 0 Å². The summed E-state index contributed by atoms with van der Waals surface area (Å²) in [7, 11) is 0. The van der Waals surface area contributed by atoms with Gasteiger partial charge in [0.2, 0.25) is 0 Å². The third-order valence-corrected chi connectivity index (χ3v) is 4.33. The molecule has 3 rings (SSSR count). The molecule has 0 bridgehead atoms. The van der Waals surface area contributed by atoms with Crippen LogP contribution >= 0.6 is 0 Å². The number of anilines is 2. The van der Waals surface area contributed by atoms with Crippen molar-refractivity contribution in [1.82, 2.24) is 0 Å². The van der Waals surface area contributed by atoms with Crippen molar-refractivity contribution in [3.63, 3.8) is 0 Å². The van der Waals surface area contributed by atoms with Crippen molar-refractivity contribution in [3.05, 3.63) is 47.7 Å². The van der Waals surface area contributed by atoms with Crippen LogP contribution in [0.25, 0.3) is 6.08 Å². The van der Waals surface area contributed by atoms with E-state index in [4.69, 9.17) is 9.15 Å². The van der Waals surface area contributed by atoms with Crippen molar-refractivity contribution in [2.45, 2.75) is 26.2 Å². The first-order chi connectivity index (χ1) is 13.2. The quantitative estimate of drug-likeness (QED) is 0.613. The first-order valence-corrected chi connectivity index (χ1v) is 9.20. The Morgan fingerprint density at radius 3 is 2.85 bits per heavy atom. The van der Waals surface area contributed by atoms with Gasteiger partial charge in [0.1, 0.15) is 23.2 Å². The fourth-order valence-corrected chi connectivity index (χ4v) is 3.02. The zero-order chi connectivity index (χ0) is 19.1. The van der Waals surface area contributed by atoms with E-state index in [1.165, 1.54) is 12.5 Å². The number of ether oxygens (including phenoxy) is 1. The summed E-state index contributed by atoms with van der Waals surface area (Å²) in [5.74, 6) is 1.45. The molecule has 0 aliphatic carbocycles. The Labute approximate surface area is 159 Å². The normalized spacial score (nSPS) is 14.5. The molecular formula is C21H23N3O3. The summed E-state index contributed by atoms with van der Waals surface area (Å²) in [6, 6.07) is 12.7. The minimum atomic E-state index is -0.484. The molecule has 0 radical (unpaired) electrons. The first kappa shape index (κ1) is 18.6. The average Bonchev–Trinajstić information content (AvgIpc) is 3.16. The summed E-state index contributed by atoms with van der Waals surface area (Å²) < 4.78 is 11.2. The van der Waals surface area contributed by atoms with Gasteiger partial charge >= 0.3 is 0 Å². The minimum Gasteiger partial charge on any atom is -0.494 e. The van der Waals surface area contributed by atoms with Crippen LogP contribution in [0.1, 0.15) is 31.9 Å². The molecule has 6 heteroatoms. The van der Waals surface area contributed by atoms with E-state index in [0.29, 0.717) is 23.8 Å². The standard InChI is InChI=1S/C21H23N3O3/c1-2-26-18-8-6-7-17(14-18)23-21(25)16(15-22)13-19-9-10-20(27-19)24-11-4-3-5-12-24/h6-10,13-14H,2-5,11-12H2,1H3,(H,23,25). The molecule has 1 fully saturated rings. The molecule has 1 aromatic heterocycles. The lowest BCUT2D eigenvalue weighted by Crippen LogP contribution is -2.28. The number of nitrogens with one attached hydrogen (secondary N) is 1. The Hall–Kier alpha value is -3.20. The molecule has 0 saturated carbocycles. The van der Waals surface area contributed by atoms with Gasteiger partial charge in [-0.05, 0) is 44.4 Å². The van der Waals surface area contributed by atoms with Crippen LogP contribution in [0, 0.1) is 11.3 Å². The van der Waals surface area contributed by atoms with E-state index in [1.807, 2.05) is 25.1 Å². The zero-order valence-corrected chi connectivity index (χ0v) is 15.4. The van der Waals surface area contributed by atoms with Gasteiger partial charge in [0.15, 0.2) is 5.88 Å². The lowest BCUT2D eigenvalue weighted by atomic mass is 10.1. The smallest absolute Gasteiger partial charge is 0.266 e. The maximum Gasteiger partial charge on any atom is 0.266 e. The van der Waals surface area contributed by atoms with Crippen LogP contribution in [0.15, 0.2) is 46.4 Å². The van der Waals surface area contributed by atoms with Crippen molar-refractivity contribution < 1.29 is 13.9 Å². The van der Waals surface area contributed by atoms with E-state index >= 15 is 0 Å². The van der Waals surface area contributed by atoms with Gasteiger partial charge in [0.25, 0.3) is 5.91 Å². The predicted molar refractivity (Wildman–Crippen MR) is 105 cm³/mol. The molecule has 140 valence electrons. The average molecular weight is 365 g/mol. The molecule has 0 atom stereocenters. The summed E-state index contributed by atoms with van der Waals surface area (Å²) in [5, 5.41) is 12.1. The molecule has 1 saturated heterocycles. The molecule has 2 aromatic rings. The van der Waals surface area contributed by atoms with Gasteiger partial charge in [-0.25, -0.2) is 0 Å². The maximum atomic E-state index is 12.4. The molecule has 27 heavy (non-hydrogen) atoms. The highest BCUT2D eigenvalue weighted by Gasteiger charge is 2.15. The Balaban J connectivity index is 1.70. The first-order valence-electron chi connectivity index (χ1n) is 9.20. The number of rotatable bonds is 6. The molecule has 1 N–H and O–H groups in total. The molecule has 2 heterocycles. The number of piperidine rings is 1. The Bertz CT molecular complexity index is 858. The lowest BCUT2D eigenvalue weighted by molar-refractivity contribution is -0.112. The summed E-state index contributed by atoms with van der Waals surface area (Å²) in [6.07, 6.45) is 5.01. The van der Waals surface area contributed by atoms with Gasteiger partial charge in [-0.2, -0.15) is 5.26 Å². The third-order valence-electron chi connectivity index (χ3n) is 4.33. The fourth-order valence-electron chi connectivity index (χ4n) is 3.02. The third kappa shape index (κ3) is 4.91. The van der Waals surface area contributed by atoms with Crippen LogP contribution in [-0.4, -0.2) is 25.6 Å². The van der Waals surface area contributed by atoms with Gasteiger partial charge < -0.3 is 19.4 Å². The maximum absolute atomic E-state index is 12.4. The van der Waals surface area contributed by atoms with Crippen molar-refractivity contribution in [3.8, 4) is 11.8 Å². The highest BCUT2D eigenvalue weighted by molar-refractivity contribution is 6.09. The number of furan rings is 1. The van der Waals surface area contributed by atoms with Crippen LogP contribution in [0.4, 0.5) is 11.6 Å². The molecule has 1 aromatic carbocycles.